The molecule has 1 amide bonds. The van der Waals surface area contributed by atoms with Gasteiger partial charge in [-0.25, -0.2) is 0 Å². The number of nitrogens with one attached hydrogen (secondary N) is 1. The van der Waals surface area contributed by atoms with Crippen molar-refractivity contribution < 1.29 is 14.3 Å². The second kappa shape index (κ2) is 7.70. The molecule has 1 aliphatic carbocycles. The van der Waals surface area contributed by atoms with Gasteiger partial charge in [0, 0.05) is 24.2 Å². The van der Waals surface area contributed by atoms with Gasteiger partial charge in [0.15, 0.2) is 11.5 Å². The van der Waals surface area contributed by atoms with Gasteiger partial charge in [-0.2, -0.15) is 0 Å². The summed E-state index contributed by atoms with van der Waals surface area (Å²) in [4.78, 5) is 12.2. The number of benzene rings is 1. The molecule has 122 valence electrons. The van der Waals surface area contributed by atoms with Gasteiger partial charge in [-0.1, -0.05) is 12.8 Å². The van der Waals surface area contributed by atoms with Gasteiger partial charge in [-0.3, -0.25) is 4.79 Å². The van der Waals surface area contributed by atoms with Crippen molar-refractivity contribution >= 4 is 24.0 Å². The highest BCUT2D eigenvalue weighted by atomic mass is 35.5. The average Bonchev–Trinajstić information content (AvgIpc) is 2.49. The molecule has 1 heterocycles. The number of ether oxygens (including phenoxy) is 2. The first kappa shape index (κ1) is 16.9. The summed E-state index contributed by atoms with van der Waals surface area (Å²) in [6.07, 6.45) is 4.93. The molecule has 1 aromatic rings. The van der Waals surface area contributed by atoms with E-state index in [9.17, 15) is 4.79 Å². The maximum atomic E-state index is 12.2. The van der Waals surface area contributed by atoms with Crippen LogP contribution in [0.5, 0.6) is 11.5 Å². The van der Waals surface area contributed by atoms with Crippen molar-refractivity contribution in [3.8, 4) is 11.5 Å². The Kier molecular flexibility index (Phi) is 5.91. The van der Waals surface area contributed by atoms with Crippen molar-refractivity contribution in [3.63, 3.8) is 0 Å². The largest absolute Gasteiger partial charge is 0.486 e. The molecule has 3 N–H and O–H groups in total. The van der Waals surface area contributed by atoms with Crippen LogP contribution >= 0.6 is 12.4 Å². The molecule has 0 aromatic heterocycles. The fraction of sp³-hybridized carbons (Fsp3) is 0.562. The highest BCUT2D eigenvalue weighted by Gasteiger charge is 2.24. The van der Waals surface area contributed by atoms with Gasteiger partial charge >= 0.3 is 0 Å². The minimum absolute atomic E-state index is 0. The smallest absolute Gasteiger partial charge is 0.224 e. The van der Waals surface area contributed by atoms with Crippen LogP contribution in [-0.4, -0.2) is 25.2 Å². The molecule has 22 heavy (non-hydrogen) atoms. The Labute approximate surface area is 137 Å². The maximum Gasteiger partial charge on any atom is 0.224 e. The summed E-state index contributed by atoms with van der Waals surface area (Å²) < 4.78 is 11.0. The van der Waals surface area contributed by atoms with Gasteiger partial charge in [-0.05, 0) is 30.9 Å². The first-order valence-electron chi connectivity index (χ1n) is 7.67. The second-order valence-electron chi connectivity index (χ2n) is 5.82. The minimum atomic E-state index is 0. The molecular formula is C16H23ClN2O3. The number of carbonyl (C=O) groups excluding carboxylic acids is 1. The molecular weight excluding hydrogens is 304 g/mol. The number of hydrogen-bond donors (Lipinski definition) is 2. The summed E-state index contributed by atoms with van der Waals surface area (Å²) in [5.74, 6) is 1.74. The van der Waals surface area contributed by atoms with E-state index < -0.39 is 0 Å². The van der Waals surface area contributed by atoms with E-state index in [0.717, 1.165) is 24.3 Å². The van der Waals surface area contributed by atoms with E-state index in [-0.39, 0.29) is 24.4 Å². The first-order chi connectivity index (χ1) is 10.2. The summed E-state index contributed by atoms with van der Waals surface area (Å²) in [6, 6.07) is 5.64. The predicted octanol–water partition coefficient (Wildman–Crippen LogP) is 2.73. The Balaban J connectivity index is 0.00000176. The van der Waals surface area contributed by atoms with Gasteiger partial charge in [0.05, 0.1) is 0 Å². The Morgan fingerprint density at radius 1 is 1.18 bits per heavy atom. The monoisotopic (exact) mass is 326 g/mol. The third-order valence-corrected chi connectivity index (χ3v) is 4.24. The van der Waals surface area contributed by atoms with Crippen molar-refractivity contribution in [3.05, 3.63) is 18.2 Å². The molecule has 6 heteroatoms. The number of halogens is 1. The van der Waals surface area contributed by atoms with Crippen LogP contribution in [0.2, 0.25) is 0 Å². The molecule has 0 radical (unpaired) electrons. The lowest BCUT2D eigenvalue weighted by Crippen LogP contribution is -2.35. The third-order valence-electron chi connectivity index (χ3n) is 4.24. The van der Waals surface area contributed by atoms with E-state index in [4.69, 9.17) is 15.2 Å². The molecule has 2 atom stereocenters. The quantitative estimate of drug-likeness (QED) is 0.895. The van der Waals surface area contributed by atoms with Crippen molar-refractivity contribution in [2.45, 2.75) is 38.1 Å². The maximum absolute atomic E-state index is 12.2. The van der Waals surface area contributed by atoms with Crippen LogP contribution in [0.4, 0.5) is 5.69 Å². The van der Waals surface area contributed by atoms with E-state index in [1.807, 2.05) is 18.2 Å². The molecule has 1 aromatic carbocycles. The summed E-state index contributed by atoms with van der Waals surface area (Å²) in [5.41, 5.74) is 6.84. The number of carbonyl (C=O) groups is 1. The predicted molar refractivity (Wildman–Crippen MR) is 87.9 cm³/mol. The lowest BCUT2D eigenvalue weighted by molar-refractivity contribution is -0.117. The SMILES string of the molecule is Cl.NC1CCCCC1CC(=O)Nc1ccc2c(c1)OCCO2. The van der Waals surface area contributed by atoms with E-state index in [1.165, 1.54) is 12.8 Å². The van der Waals surface area contributed by atoms with E-state index in [2.05, 4.69) is 5.32 Å². The summed E-state index contributed by atoms with van der Waals surface area (Å²) in [5, 5.41) is 2.93. The zero-order valence-electron chi connectivity index (χ0n) is 12.5. The average molecular weight is 327 g/mol. The van der Waals surface area contributed by atoms with Crippen LogP contribution in [0, 0.1) is 5.92 Å². The minimum Gasteiger partial charge on any atom is -0.486 e. The number of anilines is 1. The van der Waals surface area contributed by atoms with Crippen molar-refractivity contribution in [2.75, 3.05) is 18.5 Å². The van der Waals surface area contributed by atoms with Crippen molar-refractivity contribution in [1.82, 2.24) is 0 Å². The topological polar surface area (TPSA) is 73.6 Å². The molecule has 1 saturated carbocycles. The van der Waals surface area contributed by atoms with E-state index in [1.54, 1.807) is 0 Å². The second-order valence-corrected chi connectivity index (χ2v) is 5.82. The highest BCUT2D eigenvalue weighted by molar-refractivity contribution is 5.91. The summed E-state index contributed by atoms with van der Waals surface area (Å²) in [6.45, 7) is 1.11. The lowest BCUT2D eigenvalue weighted by Gasteiger charge is -2.28. The van der Waals surface area contributed by atoms with Crippen LogP contribution < -0.4 is 20.5 Å². The van der Waals surface area contributed by atoms with E-state index >= 15 is 0 Å². The summed E-state index contributed by atoms with van der Waals surface area (Å²) >= 11 is 0. The Morgan fingerprint density at radius 3 is 2.68 bits per heavy atom. The molecule has 0 bridgehead atoms. The van der Waals surface area contributed by atoms with Gasteiger partial charge in [0.1, 0.15) is 13.2 Å². The molecule has 0 spiro atoms. The van der Waals surface area contributed by atoms with Gasteiger partial charge in [-0.15, -0.1) is 12.4 Å². The molecule has 1 aliphatic heterocycles. The first-order valence-corrected chi connectivity index (χ1v) is 7.67. The van der Waals surface area contributed by atoms with Crippen molar-refractivity contribution in [2.24, 2.45) is 11.7 Å². The fourth-order valence-electron chi connectivity index (χ4n) is 3.06. The molecule has 0 saturated heterocycles. The number of fused-ring (bicyclic) bond motifs is 1. The van der Waals surface area contributed by atoms with Gasteiger partial charge in [0.25, 0.3) is 0 Å². The van der Waals surface area contributed by atoms with Gasteiger partial charge < -0.3 is 20.5 Å². The Morgan fingerprint density at radius 2 is 1.91 bits per heavy atom. The fourth-order valence-corrected chi connectivity index (χ4v) is 3.06. The molecule has 2 aliphatic rings. The normalized spacial score (nSPS) is 23.3. The van der Waals surface area contributed by atoms with Crippen LogP contribution in [0.25, 0.3) is 0 Å². The van der Waals surface area contributed by atoms with Crippen LogP contribution in [-0.2, 0) is 4.79 Å². The molecule has 1 fully saturated rings. The number of hydrogen-bond acceptors (Lipinski definition) is 4. The summed E-state index contributed by atoms with van der Waals surface area (Å²) in [7, 11) is 0. The third kappa shape index (κ3) is 4.05. The zero-order chi connectivity index (χ0) is 14.7. The molecule has 2 unspecified atom stereocenters. The Bertz CT molecular complexity index is 524. The Hall–Kier alpha value is -1.46. The number of nitrogens with two attached hydrogens (primary N) is 1. The highest BCUT2D eigenvalue weighted by Crippen LogP contribution is 2.33. The number of amides is 1. The van der Waals surface area contributed by atoms with Crippen LogP contribution in [0.3, 0.4) is 0 Å². The van der Waals surface area contributed by atoms with E-state index in [0.29, 0.717) is 31.3 Å². The van der Waals surface area contributed by atoms with Crippen LogP contribution in [0.1, 0.15) is 32.1 Å². The van der Waals surface area contributed by atoms with Crippen LogP contribution in [0.15, 0.2) is 18.2 Å². The van der Waals surface area contributed by atoms with Crippen molar-refractivity contribution in [1.29, 1.82) is 0 Å². The molecule has 3 rings (SSSR count). The number of rotatable bonds is 3. The molecule has 5 nitrogen and oxygen atoms in total. The standard InChI is InChI=1S/C16H22N2O3.ClH/c17-13-4-2-1-3-11(13)9-16(19)18-12-5-6-14-15(10-12)21-8-7-20-14;/h5-6,10-11,13H,1-4,7-9,17H2,(H,18,19);1H. The lowest BCUT2D eigenvalue weighted by atomic mass is 9.83. The zero-order valence-corrected chi connectivity index (χ0v) is 13.4. The van der Waals surface area contributed by atoms with Gasteiger partial charge in [0.2, 0.25) is 5.91 Å².